The number of nitrogens with one attached hydrogen (secondary N) is 2. The van der Waals surface area contributed by atoms with E-state index in [0.717, 1.165) is 10.5 Å². The van der Waals surface area contributed by atoms with E-state index in [1.165, 1.54) is 0 Å². The van der Waals surface area contributed by atoms with Crippen LogP contribution in [0.3, 0.4) is 0 Å². The predicted octanol–water partition coefficient (Wildman–Crippen LogP) is 2.07. The van der Waals surface area contributed by atoms with E-state index in [0.29, 0.717) is 18.4 Å². The maximum absolute atomic E-state index is 12.9. The van der Waals surface area contributed by atoms with Gasteiger partial charge in [0, 0.05) is 0 Å². The van der Waals surface area contributed by atoms with Crippen LogP contribution >= 0.6 is 0 Å². The Morgan fingerprint density at radius 2 is 1.85 bits per heavy atom. The molecule has 1 aromatic carbocycles. The van der Waals surface area contributed by atoms with E-state index in [-0.39, 0.29) is 6.54 Å². The fourth-order valence-electron chi connectivity index (χ4n) is 3.04. The summed E-state index contributed by atoms with van der Waals surface area (Å²) in [7, 11) is 0. The Morgan fingerprint density at radius 1 is 1.27 bits per heavy atom. The molecule has 1 heterocycles. The summed E-state index contributed by atoms with van der Waals surface area (Å²) in [6, 6.07) is 6.76. The minimum absolute atomic E-state index is 0.366. The number of imide groups is 1. The minimum Gasteiger partial charge on any atom is -0.338 e. The fourth-order valence-corrected chi connectivity index (χ4v) is 3.04. The highest BCUT2D eigenvalue weighted by Crippen LogP contribution is 2.29. The second-order valence-electron chi connectivity index (χ2n) is 6.79. The number of terminal acetylenes is 1. The summed E-state index contributed by atoms with van der Waals surface area (Å²) in [6.45, 7) is 6.98. The number of aryl methyl sites for hydroxylation is 1. The molecule has 1 fully saturated rings. The SMILES string of the molecule is C#CC(CC)(CC)NC(=O)CN1C(=O)N[C@](C)(c2ccc(C)cc2)C1=O. The van der Waals surface area contributed by atoms with Crippen LogP contribution < -0.4 is 10.6 Å². The summed E-state index contributed by atoms with van der Waals surface area (Å²) < 4.78 is 0. The summed E-state index contributed by atoms with van der Waals surface area (Å²) in [4.78, 5) is 38.5. The molecular formula is C20H25N3O3. The van der Waals surface area contributed by atoms with Gasteiger partial charge in [-0.05, 0) is 32.3 Å². The van der Waals surface area contributed by atoms with Gasteiger partial charge < -0.3 is 10.6 Å². The molecule has 0 unspecified atom stereocenters. The van der Waals surface area contributed by atoms with Crippen molar-refractivity contribution in [3.8, 4) is 12.3 Å². The normalized spacial score (nSPS) is 19.9. The van der Waals surface area contributed by atoms with Crippen LogP contribution in [0.4, 0.5) is 4.79 Å². The zero-order chi connectivity index (χ0) is 19.5. The summed E-state index contributed by atoms with van der Waals surface area (Å²) in [6.07, 6.45) is 6.67. The molecular weight excluding hydrogens is 330 g/mol. The van der Waals surface area contributed by atoms with Crippen molar-refractivity contribution in [2.45, 2.75) is 51.6 Å². The Bertz CT molecular complexity index is 760. The Labute approximate surface area is 154 Å². The fraction of sp³-hybridized carbons (Fsp3) is 0.450. The molecule has 2 rings (SSSR count). The van der Waals surface area contributed by atoms with Crippen LogP contribution in [0.2, 0.25) is 0 Å². The molecule has 1 aliphatic heterocycles. The highest BCUT2D eigenvalue weighted by Gasteiger charge is 2.49. The topological polar surface area (TPSA) is 78.5 Å². The van der Waals surface area contributed by atoms with Crippen molar-refractivity contribution in [1.82, 2.24) is 15.5 Å². The number of urea groups is 1. The smallest absolute Gasteiger partial charge is 0.325 e. The van der Waals surface area contributed by atoms with E-state index in [2.05, 4.69) is 16.6 Å². The molecule has 1 saturated heterocycles. The number of carbonyl (C=O) groups is 3. The molecule has 0 radical (unpaired) electrons. The molecule has 26 heavy (non-hydrogen) atoms. The minimum atomic E-state index is -1.19. The van der Waals surface area contributed by atoms with Crippen molar-refractivity contribution in [3.05, 3.63) is 35.4 Å². The number of benzene rings is 1. The first-order chi connectivity index (χ1) is 12.2. The number of amides is 4. The standard InChI is InChI=1S/C20H25N3O3/c1-6-20(7-2,8-3)21-16(24)13-23-17(25)19(5,22-18(23)26)15-11-9-14(4)10-12-15/h1,9-12H,7-8,13H2,2-5H3,(H,21,24)(H,22,26)/t19-/m1/s1. The largest absolute Gasteiger partial charge is 0.338 e. The molecule has 6 heteroatoms. The Balaban J connectivity index is 2.18. The molecule has 1 aliphatic rings. The predicted molar refractivity (Wildman–Crippen MR) is 99.1 cm³/mol. The third-order valence-corrected chi connectivity index (χ3v) is 5.07. The number of rotatable bonds is 6. The summed E-state index contributed by atoms with van der Waals surface area (Å²) in [5, 5.41) is 5.47. The molecule has 0 spiro atoms. The summed E-state index contributed by atoms with van der Waals surface area (Å²) >= 11 is 0. The van der Waals surface area contributed by atoms with E-state index in [1.54, 1.807) is 19.1 Å². The lowest BCUT2D eigenvalue weighted by Crippen LogP contribution is -2.51. The summed E-state index contributed by atoms with van der Waals surface area (Å²) in [5.41, 5.74) is -0.236. The molecule has 0 saturated carbocycles. The van der Waals surface area contributed by atoms with Gasteiger partial charge in [0.2, 0.25) is 5.91 Å². The highest BCUT2D eigenvalue weighted by molar-refractivity contribution is 6.09. The van der Waals surface area contributed by atoms with Gasteiger partial charge in [-0.15, -0.1) is 6.42 Å². The number of hydrogen-bond acceptors (Lipinski definition) is 3. The van der Waals surface area contributed by atoms with Gasteiger partial charge in [-0.3, -0.25) is 14.5 Å². The van der Waals surface area contributed by atoms with Crippen LogP contribution in [0.5, 0.6) is 0 Å². The first-order valence-corrected chi connectivity index (χ1v) is 8.71. The van der Waals surface area contributed by atoms with Gasteiger partial charge in [0.1, 0.15) is 17.6 Å². The van der Waals surface area contributed by atoms with Crippen LogP contribution in [0.1, 0.15) is 44.7 Å². The molecule has 0 bridgehead atoms. The molecule has 4 amide bonds. The monoisotopic (exact) mass is 355 g/mol. The molecule has 1 atom stereocenters. The molecule has 2 N–H and O–H groups in total. The Morgan fingerprint density at radius 3 is 2.35 bits per heavy atom. The van der Waals surface area contributed by atoms with Crippen LogP contribution in [0, 0.1) is 19.3 Å². The van der Waals surface area contributed by atoms with E-state index < -0.39 is 28.9 Å². The number of carbonyl (C=O) groups excluding carboxylic acids is 3. The van der Waals surface area contributed by atoms with Crippen molar-refractivity contribution in [3.63, 3.8) is 0 Å². The van der Waals surface area contributed by atoms with Gasteiger partial charge in [0.15, 0.2) is 0 Å². The lowest BCUT2D eigenvalue weighted by atomic mass is 9.91. The van der Waals surface area contributed by atoms with E-state index in [9.17, 15) is 14.4 Å². The zero-order valence-electron chi connectivity index (χ0n) is 15.7. The third kappa shape index (κ3) is 3.43. The van der Waals surface area contributed by atoms with Gasteiger partial charge in [0.25, 0.3) is 5.91 Å². The second-order valence-corrected chi connectivity index (χ2v) is 6.79. The van der Waals surface area contributed by atoms with Crippen LogP contribution in [0.15, 0.2) is 24.3 Å². The van der Waals surface area contributed by atoms with E-state index in [1.807, 2.05) is 32.9 Å². The van der Waals surface area contributed by atoms with E-state index >= 15 is 0 Å². The van der Waals surface area contributed by atoms with Crippen LogP contribution in [-0.4, -0.2) is 34.8 Å². The van der Waals surface area contributed by atoms with Gasteiger partial charge in [-0.2, -0.15) is 0 Å². The number of nitrogens with zero attached hydrogens (tertiary/aromatic N) is 1. The van der Waals surface area contributed by atoms with Crippen molar-refractivity contribution < 1.29 is 14.4 Å². The van der Waals surface area contributed by atoms with Gasteiger partial charge >= 0.3 is 6.03 Å². The van der Waals surface area contributed by atoms with Crippen molar-refractivity contribution in [2.24, 2.45) is 0 Å². The van der Waals surface area contributed by atoms with Crippen molar-refractivity contribution in [1.29, 1.82) is 0 Å². The zero-order valence-corrected chi connectivity index (χ0v) is 15.7. The first kappa shape index (κ1) is 19.5. The average molecular weight is 355 g/mol. The van der Waals surface area contributed by atoms with Crippen molar-refractivity contribution in [2.75, 3.05) is 6.54 Å². The van der Waals surface area contributed by atoms with Gasteiger partial charge in [-0.1, -0.05) is 49.6 Å². The maximum atomic E-state index is 12.9. The van der Waals surface area contributed by atoms with Crippen LogP contribution in [0.25, 0.3) is 0 Å². The van der Waals surface area contributed by atoms with E-state index in [4.69, 9.17) is 6.42 Å². The lowest BCUT2D eigenvalue weighted by molar-refractivity contribution is -0.135. The highest BCUT2D eigenvalue weighted by atomic mass is 16.2. The molecule has 0 aliphatic carbocycles. The maximum Gasteiger partial charge on any atom is 0.325 e. The molecule has 0 aromatic heterocycles. The quantitative estimate of drug-likeness (QED) is 0.606. The molecule has 6 nitrogen and oxygen atoms in total. The first-order valence-electron chi connectivity index (χ1n) is 8.71. The second kappa shape index (κ2) is 7.20. The Kier molecular flexibility index (Phi) is 5.41. The average Bonchev–Trinajstić information content (AvgIpc) is 2.84. The third-order valence-electron chi connectivity index (χ3n) is 5.07. The molecule has 138 valence electrons. The number of hydrogen-bond donors (Lipinski definition) is 2. The van der Waals surface area contributed by atoms with Crippen LogP contribution in [-0.2, 0) is 15.1 Å². The summed E-state index contributed by atoms with van der Waals surface area (Å²) in [5.74, 6) is 1.69. The Hall–Kier alpha value is -2.81. The van der Waals surface area contributed by atoms with Gasteiger partial charge in [0.05, 0.1) is 0 Å². The lowest BCUT2D eigenvalue weighted by Gasteiger charge is -2.28. The van der Waals surface area contributed by atoms with Crippen molar-refractivity contribution >= 4 is 17.8 Å². The molecule has 1 aromatic rings. The van der Waals surface area contributed by atoms with Gasteiger partial charge in [-0.25, -0.2) is 4.79 Å².